The molecule has 2 heterocycles. The number of hydrogen-bond acceptors (Lipinski definition) is 5. The van der Waals surface area contributed by atoms with Crippen molar-refractivity contribution in [1.29, 1.82) is 0 Å². The molecule has 7 heteroatoms. The number of benzene rings is 2. The fourth-order valence-electron chi connectivity index (χ4n) is 3.70. The van der Waals surface area contributed by atoms with Gasteiger partial charge < -0.3 is 14.2 Å². The number of thioether (sulfide) groups is 1. The van der Waals surface area contributed by atoms with E-state index in [1.165, 1.54) is 17.3 Å². The topological polar surface area (TPSA) is 60.3 Å². The Kier molecular flexibility index (Phi) is 6.08. The van der Waals surface area contributed by atoms with E-state index in [4.69, 9.17) is 4.74 Å². The molecule has 4 rings (SSSR count). The van der Waals surface area contributed by atoms with Gasteiger partial charge in [-0.25, -0.2) is 0 Å². The molecule has 1 aliphatic heterocycles. The van der Waals surface area contributed by atoms with Gasteiger partial charge in [-0.05, 0) is 36.1 Å². The number of para-hydroxylation sites is 1. The summed E-state index contributed by atoms with van der Waals surface area (Å²) < 4.78 is 7.46. The average Bonchev–Trinajstić information content (AvgIpc) is 3.36. The molecule has 1 aliphatic rings. The minimum absolute atomic E-state index is 0.104. The smallest absolute Gasteiger partial charge is 0.237 e. The zero-order chi connectivity index (χ0) is 21.1. The van der Waals surface area contributed by atoms with Crippen LogP contribution in [0.1, 0.15) is 19.4 Å². The number of aromatic nitrogens is 3. The molecule has 3 aromatic rings. The number of carbonyl (C=O) groups is 1. The van der Waals surface area contributed by atoms with Gasteiger partial charge in [-0.2, -0.15) is 0 Å². The van der Waals surface area contributed by atoms with E-state index in [-0.39, 0.29) is 5.91 Å². The number of amides is 1. The third-order valence-corrected chi connectivity index (χ3v) is 6.06. The van der Waals surface area contributed by atoms with Crippen molar-refractivity contribution in [2.45, 2.75) is 32.0 Å². The summed E-state index contributed by atoms with van der Waals surface area (Å²) in [5.74, 6) is 2.44. The van der Waals surface area contributed by atoms with Crippen molar-refractivity contribution in [3.63, 3.8) is 0 Å². The zero-order valence-corrected chi connectivity index (χ0v) is 18.4. The molecular formula is C23H26N4O2S. The number of nitrogens with zero attached hydrogens (tertiary/aromatic N) is 4. The molecule has 0 unspecified atom stereocenters. The Balaban J connectivity index is 1.54. The van der Waals surface area contributed by atoms with Crippen molar-refractivity contribution in [1.82, 2.24) is 14.8 Å². The van der Waals surface area contributed by atoms with Crippen LogP contribution >= 0.6 is 11.8 Å². The third kappa shape index (κ3) is 4.21. The molecule has 0 saturated carbocycles. The number of ether oxygens (including phenoxy) is 1. The van der Waals surface area contributed by atoms with E-state index < -0.39 is 0 Å². The predicted octanol–water partition coefficient (Wildman–Crippen LogP) is 4.29. The van der Waals surface area contributed by atoms with Gasteiger partial charge in [0, 0.05) is 24.3 Å². The van der Waals surface area contributed by atoms with Crippen molar-refractivity contribution in [3.8, 4) is 17.1 Å². The Morgan fingerprint density at radius 2 is 2.00 bits per heavy atom. The lowest BCUT2D eigenvalue weighted by Crippen LogP contribution is -2.30. The second-order valence-electron chi connectivity index (χ2n) is 7.76. The minimum Gasteiger partial charge on any atom is -0.497 e. The van der Waals surface area contributed by atoms with Crippen molar-refractivity contribution in [3.05, 3.63) is 54.1 Å². The minimum atomic E-state index is 0.104. The van der Waals surface area contributed by atoms with Gasteiger partial charge >= 0.3 is 0 Å². The number of methoxy groups -OCH3 is 1. The van der Waals surface area contributed by atoms with E-state index in [2.05, 4.69) is 34.7 Å². The molecule has 0 aliphatic carbocycles. The molecule has 1 amide bonds. The van der Waals surface area contributed by atoms with Gasteiger partial charge in [-0.15, -0.1) is 10.2 Å². The molecule has 1 aromatic heterocycles. The SMILES string of the molecule is COc1cccc(-c2nnc(SCC(=O)N3CCc4ccccc43)n2CC(C)C)c1. The van der Waals surface area contributed by atoms with Crippen LogP contribution in [-0.2, 0) is 17.8 Å². The highest BCUT2D eigenvalue weighted by Gasteiger charge is 2.25. The lowest BCUT2D eigenvalue weighted by molar-refractivity contribution is -0.116. The van der Waals surface area contributed by atoms with Gasteiger partial charge in [0.05, 0.1) is 12.9 Å². The van der Waals surface area contributed by atoms with Crippen molar-refractivity contribution >= 4 is 23.4 Å². The molecule has 6 nitrogen and oxygen atoms in total. The van der Waals surface area contributed by atoms with E-state index in [9.17, 15) is 4.79 Å². The number of fused-ring (bicyclic) bond motifs is 1. The maximum atomic E-state index is 12.9. The second-order valence-corrected chi connectivity index (χ2v) is 8.70. The fraction of sp³-hybridized carbons (Fsp3) is 0.348. The largest absolute Gasteiger partial charge is 0.497 e. The molecule has 0 spiro atoms. The van der Waals surface area contributed by atoms with Crippen LogP contribution in [0.4, 0.5) is 5.69 Å². The quantitative estimate of drug-likeness (QED) is 0.532. The third-order valence-electron chi connectivity index (χ3n) is 5.11. The highest BCUT2D eigenvalue weighted by Crippen LogP contribution is 2.30. The first-order valence-corrected chi connectivity index (χ1v) is 11.1. The van der Waals surface area contributed by atoms with Crippen molar-refractivity contribution in [2.75, 3.05) is 24.3 Å². The number of carbonyl (C=O) groups excluding carboxylic acids is 1. The lowest BCUT2D eigenvalue weighted by Gasteiger charge is -2.17. The summed E-state index contributed by atoms with van der Waals surface area (Å²) in [6, 6.07) is 15.9. The van der Waals surface area contributed by atoms with Crippen LogP contribution in [0.2, 0.25) is 0 Å². The van der Waals surface area contributed by atoms with E-state index in [1.54, 1.807) is 7.11 Å². The molecule has 30 heavy (non-hydrogen) atoms. The van der Waals surface area contributed by atoms with Crippen LogP contribution in [0.5, 0.6) is 5.75 Å². The second kappa shape index (κ2) is 8.92. The number of rotatable bonds is 7. The van der Waals surface area contributed by atoms with Gasteiger partial charge in [0.2, 0.25) is 5.91 Å². The van der Waals surface area contributed by atoms with Crippen LogP contribution < -0.4 is 9.64 Å². The van der Waals surface area contributed by atoms with Crippen LogP contribution in [0, 0.1) is 5.92 Å². The highest BCUT2D eigenvalue weighted by molar-refractivity contribution is 7.99. The summed E-state index contributed by atoms with van der Waals surface area (Å²) in [4.78, 5) is 14.8. The summed E-state index contributed by atoms with van der Waals surface area (Å²) in [6.45, 7) is 5.85. The zero-order valence-electron chi connectivity index (χ0n) is 17.5. The molecule has 2 aromatic carbocycles. The number of anilines is 1. The Morgan fingerprint density at radius 1 is 1.17 bits per heavy atom. The van der Waals surface area contributed by atoms with Crippen molar-refractivity contribution < 1.29 is 9.53 Å². The van der Waals surface area contributed by atoms with Gasteiger partial charge in [0.15, 0.2) is 11.0 Å². The Hall–Kier alpha value is -2.80. The summed E-state index contributed by atoms with van der Waals surface area (Å²) >= 11 is 1.45. The number of hydrogen-bond donors (Lipinski definition) is 0. The van der Waals surface area contributed by atoms with E-state index in [0.717, 1.165) is 47.5 Å². The summed E-state index contributed by atoms with van der Waals surface area (Å²) in [5.41, 5.74) is 3.22. The average molecular weight is 423 g/mol. The van der Waals surface area contributed by atoms with Gasteiger partial charge in [0.1, 0.15) is 5.75 Å². The molecule has 0 N–H and O–H groups in total. The summed E-state index contributed by atoms with van der Waals surface area (Å²) in [6.07, 6.45) is 0.913. The molecule has 0 radical (unpaired) electrons. The Morgan fingerprint density at radius 3 is 2.80 bits per heavy atom. The van der Waals surface area contributed by atoms with Crippen LogP contribution in [0.15, 0.2) is 53.7 Å². The maximum Gasteiger partial charge on any atom is 0.237 e. The standard InChI is InChI=1S/C23H26N4O2S/c1-16(2)14-27-22(18-8-6-9-19(13-18)29-3)24-25-23(27)30-15-21(28)26-12-11-17-7-4-5-10-20(17)26/h4-10,13,16H,11-12,14-15H2,1-3H3. The van der Waals surface area contributed by atoms with Gasteiger partial charge in [-0.1, -0.05) is 55.9 Å². The lowest BCUT2D eigenvalue weighted by atomic mass is 10.2. The molecule has 0 atom stereocenters. The van der Waals surface area contributed by atoms with Gasteiger partial charge in [-0.3, -0.25) is 4.79 Å². The Bertz CT molecular complexity index is 1050. The summed E-state index contributed by atoms with van der Waals surface area (Å²) in [7, 11) is 1.65. The first-order valence-electron chi connectivity index (χ1n) is 10.2. The molecule has 0 saturated heterocycles. The monoisotopic (exact) mass is 422 g/mol. The van der Waals surface area contributed by atoms with E-state index in [1.807, 2.05) is 47.4 Å². The highest BCUT2D eigenvalue weighted by atomic mass is 32.2. The van der Waals surface area contributed by atoms with E-state index in [0.29, 0.717) is 11.7 Å². The van der Waals surface area contributed by atoms with Crippen LogP contribution in [0.25, 0.3) is 11.4 Å². The van der Waals surface area contributed by atoms with Crippen molar-refractivity contribution in [2.24, 2.45) is 5.92 Å². The normalized spacial score (nSPS) is 13.0. The van der Waals surface area contributed by atoms with Crippen LogP contribution in [0.3, 0.4) is 0 Å². The molecule has 0 bridgehead atoms. The Labute approximate surface area is 181 Å². The van der Waals surface area contributed by atoms with Crippen LogP contribution in [-0.4, -0.2) is 40.1 Å². The molecule has 156 valence electrons. The van der Waals surface area contributed by atoms with E-state index >= 15 is 0 Å². The molecular weight excluding hydrogens is 396 g/mol. The first kappa shape index (κ1) is 20.5. The molecule has 0 fully saturated rings. The maximum absolute atomic E-state index is 12.9. The first-order chi connectivity index (χ1) is 14.6. The predicted molar refractivity (Wildman–Crippen MR) is 120 cm³/mol. The fourth-order valence-corrected chi connectivity index (χ4v) is 4.53. The van der Waals surface area contributed by atoms with Gasteiger partial charge in [0.25, 0.3) is 0 Å². The summed E-state index contributed by atoms with van der Waals surface area (Å²) in [5, 5.41) is 9.61.